The number of aromatic nitrogens is 4. The topological polar surface area (TPSA) is 117 Å². The zero-order chi connectivity index (χ0) is 23.7. The van der Waals surface area contributed by atoms with Gasteiger partial charge in [0.25, 0.3) is 0 Å². The first kappa shape index (κ1) is 21.4. The number of hydrazone groups is 1. The van der Waals surface area contributed by atoms with Crippen LogP contribution in [-0.2, 0) is 0 Å². The van der Waals surface area contributed by atoms with Gasteiger partial charge in [-0.15, -0.1) is 0 Å². The second-order valence-electron chi connectivity index (χ2n) is 7.86. The lowest BCUT2D eigenvalue weighted by molar-refractivity contribution is 0.139. The summed E-state index contributed by atoms with van der Waals surface area (Å²) in [5, 5.41) is 21.3. The summed E-state index contributed by atoms with van der Waals surface area (Å²) in [6, 6.07) is 6.81. The van der Waals surface area contributed by atoms with Crippen molar-refractivity contribution in [1.82, 2.24) is 30.1 Å². The van der Waals surface area contributed by atoms with Crippen molar-refractivity contribution in [1.29, 1.82) is 5.26 Å². The third-order valence-corrected chi connectivity index (χ3v) is 5.77. The van der Waals surface area contributed by atoms with E-state index in [1.165, 1.54) is 11.1 Å². The van der Waals surface area contributed by atoms with Gasteiger partial charge >= 0.3 is 6.03 Å². The van der Waals surface area contributed by atoms with Gasteiger partial charge in [0.15, 0.2) is 5.82 Å². The average Bonchev–Trinajstić information content (AvgIpc) is 3.56. The summed E-state index contributed by atoms with van der Waals surface area (Å²) in [5.41, 5.74) is 1.19. The number of hydrogen-bond acceptors (Lipinski definition) is 7. The Morgan fingerprint density at radius 1 is 1.18 bits per heavy atom. The number of nitriles is 1. The molecule has 0 radical (unpaired) electrons. The van der Waals surface area contributed by atoms with Crippen molar-refractivity contribution in [3.8, 4) is 17.5 Å². The Labute approximate surface area is 193 Å². The first-order valence-electron chi connectivity index (χ1n) is 10.6. The number of halogens is 2. The van der Waals surface area contributed by atoms with Crippen LogP contribution in [0.2, 0.25) is 0 Å². The van der Waals surface area contributed by atoms with Crippen LogP contribution >= 0.6 is 0 Å². The molecule has 4 heterocycles. The summed E-state index contributed by atoms with van der Waals surface area (Å²) in [7, 11) is 0. The maximum atomic E-state index is 14.2. The maximum Gasteiger partial charge on any atom is 0.341 e. The lowest BCUT2D eigenvalue weighted by Crippen LogP contribution is -2.52. The number of piperazine rings is 1. The summed E-state index contributed by atoms with van der Waals surface area (Å²) in [6.45, 7) is 1.64. The quantitative estimate of drug-likeness (QED) is 0.638. The third-order valence-electron chi connectivity index (χ3n) is 5.77. The Hall–Kier alpha value is -4.40. The van der Waals surface area contributed by atoms with E-state index in [1.807, 2.05) is 11.0 Å². The van der Waals surface area contributed by atoms with E-state index in [4.69, 9.17) is 5.26 Å². The van der Waals surface area contributed by atoms with Crippen molar-refractivity contribution in [3.63, 3.8) is 0 Å². The third kappa shape index (κ3) is 4.03. The van der Waals surface area contributed by atoms with Crippen LogP contribution in [0.15, 0.2) is 41.8 Å². The predicted molar refractivity (Wildman–Crippen MR) is 118 cm³/mol. The van der Waals surface area contributed by atoms with Gasteiger partial charge in [0.1, 0.15) is 17.2 Å². The minimum Gasteiger partial charge on any atom is -0.337 e. The Morgan fingerprint density at radius 2 is 2.00 bits per heavy atom. The zero-order valence-electron chi connectivity index (χ0n) is 17.9. The van der Waals surface area contributed by atoms with E-state index in [2.05, 4.69) is 25.3 Å². The molecule has 34 heavy (non-hydrogen) atoms. The van der Waals surface area contributed by atoms with Crippen molar-refractivity contribution in [3.05, 3.63) is 59.4 Å². The number of aromatic amines is 1. The number of anilines is 1. The van der Waals surface area contributed by atoms with Gasteiger partial charge in [0, 0.05) is 45.0 Å². The minimum atomic E-state index is -0.570. The Kier molecular flexibility index (Phi) is 5.59. The molecule has 1 fully saturated rings. The minimum absolute atomic E-state index is 0.103. The smallest absolute Gasteiger partial charge is 0.337 e. The van der Waals surface area contributed by atoms with Crippen LogP contribution in [0.25, 0.3) is 11.4 Å². The number of nitrogens with one attached hydrogen (secondary N) is 1. The SMILES string of the molecule is N#Cc1cc(F)cc([C@@H]2CC=NN2C(=O)N2CCN(c3ncc(F)c(-c4cc[nH]n4)n3)CC2)c1. The molecule has 1 atom stereocenters. The summed E-state index contributed by atoms with van der Waals surface area (Å²) in [6.07, 6.45) is 4.74. The number of amides is 2. The van der Waals surface area contributed by atoms with Crippen LogP contribution in [0, 0.1) is 23.0 Å². The summed E-state index contributed by atoms with van der Waals surface area (Å²) >= 11 is 0. The van der Waals surface area contributed by atoms with Gasteiger partial charge in [-0.3, -0.25) is 5.10 Å². The molecule has 1 N–H and O–H groups in total. The number of hydrogen-bond donors (Lipinski definition) is 1. The van der Waals surface area contributed by atoms with E-state index in [1.54, 1.807) is 29.4 Å². The maximum absolute atomic E-state index is 14.2. The second kappa shape index (κ2) is 8.86. The monoisotopic (exact) mass is 463 g/mol. The van der Waals surface area contributed by atoms with Crippen LogP contribution in [0.1, 0.15) is 23.6 Å². The molecule has 0 saturated carbocycles. The lowest BCUT2D eigenvalue weighted by Gasteiger charge is -2.37. The van der Waals surface area contributed by atoms with Gasteiger partial charge < -0.3 is 9.80 Å². The molecule has 10 nitrogen and oxygen atoms in total. The van der Waals surface area contributed by atoms with Gasteiger partial charge in [0.2, 0.25) is 5.95 Å². The first-order chi connectivity index (χ1) is 16.5. The van der Waals surface area contributed by atoms with E-state index >= 15 is 0 Å². The van der Waals surface area contributed by atoms with E-state index in [0.29, 0.717) is 49.8 Å². The highest BCUT2D eigenvalue weighted by Gasteiger charge is 2.34. The summed E-state index contributed by atoms with van der Waals surface area (Å²) < 4.78 is 28.1. The molecule has 172 valence electrons. The molecular formula is C22H19F2N9O. The molecule has 0 bridgehead atoms. The fraction of sp³-hybridized carbons (Fsp3) is 0.273. The van der Waals surface area contributed by atoms with E-state index in [0.717, 1.165) is 12.3 Å². The number of carbonyl (C=O) groups is 1. The molecule has 2 aliphatic heterocycles. The molecule has 1 saturated heterocycles. The zero-order valence-corrected chi connectivity index (χ0v) is 17.9. The number of benzene rings is 1. The van der Waals surface area contributed by atoms with Crippen molar-refractivity contribution >= 4 is 18.2 Å². The molecule has 1 aromatic carbocycles. The fourth-order valence-electron chi connectivity index (χ4n) is 4.07. The van der Waals surface area contributed by atoms with Crippen molar-refractivity contribution in [2.45, 2.75) is 12.5 Å². The number of H-pyrrole nitrogens is 1. The molecule has 12 heteroatoms. The molecule has 0 unspecified atom stereocenters. The van der Waals surface area contributed by atoms with Crippen LogP contribution in [0.3, 0.4) is 0 Å². The highest BCUT2D eigenvalue weighted by atomic mass is 19.1. The van der Waals surface area contributed by atoms with Crippen molar-refractivity contribution < 1.29 is 13.6 Å². The number of carbonyl (C=O) groups excluding carboxylic acids is 1. The number of urea groups is 1. The molecule has 5 rings (SSSR count). The number of rotatable bonds is 3. The van der Waals surface area contributed by atoms with Gasteiger partial charge in [0.05, 0.1) is 23.9 Å². The van der Waals surface area contributed by atoms with Crippen LogP contribution < -0.4 is 4.90 Å². The molecule has 2 aliphatic rings. The lowest BCUT2D eigenvalue weighted by atomic mass is 10.0. The number of nitrogens with zero attached hydrogens (tertiary/aromatic N) is 8. The highest BCUT2D eigenvalue weighted by molar-refractivity contribution is 5.79. The normalized spacial score (nSPS) is 17.8. The largest absolute Gasteiger partial charge is 0.341 e. The van der Waals surface area contributed by atoms with Crippen molar-refractivity contribution in [2.24, 2.45) is 5.10 Å². The Balaban J connectivity index is 1.27. The Morgan fingerprint density at radius 3 is 2.74 bits per heavy atom. The van der Waals surface area contributed by atoms with Crippen LogP contribution in [-0.4, -0.2) is 68.5 Å². The van der Waals surface area contributed by atoms with Gasteiger partial charge in [-0.05, 0) is 29.8 Å². The molecule has 0 spiro atoms. The van der Waals surface area contributed by atoms with E-state index in [9.17, 15) is 13.6 Å². The van der Waals surface area contributed by atoms with E-state index < -0.39 is 17.7 Å². The second-order valence-corrected chi connectivity index (χ2v) is 7.86. The van der Waals surface area contributed by atoms with Gasteiger partial charge in [-0.25, -0.2) is 28.6 Å². The van der Waals surface area contributed by atoms with Gasteiger partial charge in [-0.2, -0.15) is 15.5 Å². The molecule has 0 aliphatic carbocycles. The summed E-state index contributed by atoms with van der Waals surface area (Å²) in [5.74, 6) is -0.748. The fourth-order valence-corrected chi connectivity index (χ4v) is 4.07. The Bertz CT molecular complexity index is 1280. The van der Waals surface area contributed by atoms with E-state index in [-0.39, 0.29) is 17.3 Å². The highest BCUT2D eigenvalue weighted by Crippen LogP contribution is 2.31. The predicted octanol–water partition coefficient (Wildman–Crippen LogP) is 2.69. The van der Waals surface area contributed by atoms with Crippen LogP contribution in [0.5, 0.6) is 0 Å². The molecule has 2 aromatic heterocycles. The van der Waals surface area contributed by atoms with Gasteiger partial charge in [-0.1, -0.05) is 0 Å². The standard InChI is InChI=1S/C22H19F2N9O/c23-16-10-14(12-25)9-15(11-16)19-2-4-28-33(19)22(34)32-7-5-31(6-8-32)21-26-13-17(24)20(29-21)18-1-3-27-30-18/h1,3-4,9-11,13,19H,2,5-8H2,(H,27,30)/t19-/m0/s1. The first-order valence-corrected chi connectivity index (χ1v) is 10.6. The summed E-state index contributed by atoms with van der Waals surface area (Å²) in [4.78, 5) is 25.1. The molecule has 3 aromatic rings. The van der Waals surface area contributed by atoms with Crippen molar-refractivity contribution in [2.75, 3.05) is 31.1 Å². The average molecular weight is 463 g/mol. The molecule has 2 amide bonds. The molecular weight excluding hydrogens is 444 g/mol. The van der Waals surface area contributed by atoms with Crippen LogP contribution in [0.4, 0.5) is 19.5 Å².